The molecule has 4 heteroatoms. The van der Waals surface area contributed by atoms with Crippen LogP contribution in [0.5, 0.6) is 0 Å². The van der Waals surface area contributed by atoms with E-state index in [0.717, 1.165) is 0 Å². The molecule has 1 N–H and O–H groups in total. The molecule has 1 rings (SSSR count). The van der Waals surface area contributed by atoms with Crippen LogP contribution in [0.25, 0.3) is 0 Å². The Morgan fingerprint density at radius 3 is 2.62 bits per heavy atom. The van der Waals surface area contributed by atoms with Crippen molar-refractivity contribution >= 4 is 21.9 Å². The Bertz CT molecular complexity index is 114. The van der Waals surface area contributed by atoms with Gasteiger partial charge in [-0.1, -0.05) is 15.9 Å². The molecule has 8 heavy (non-hydrogen) atoms. The predicted molar refractivity (Wildman–Crippen MR) is 29.4 cm³/mol. The average molecular weight is 181 g/mol. The van der Waals surface area contributed by atoms with Crippen LogP contribution in [0.2, 0.25) is 0 Å². The molecule has 0 aromatic heterocycles. The van der Waals surface area contributed by atoms with Gasteiger partial charge in [0.2, 0.25) is 6.29 Å². The van der Waals surface area contributed by atoms with E-state index >= 15 is 0 Å². The van der Waals surface area contributed by atoms with Crippen LogP contribution >= 0.6 is 15.9 Å². The summed E-state index contributed by atoms with van der Waals surface area (Å²) in [5.74, 6) is -0.377. The van der Waals surface area contributed by atoms with E-state index in [4.69, 9.17) is 5.11 Å². The summed E-state index contributed by atoms with van der Waals surface area (Å²) in [6.07, 6.45) is -0.536. The van der Waals surface area contributed by atoms with E-state index in [9.17, 15) is 4.79 Å². The van der Waals surface area contributed by atoms with Crippen molar-refractivity contribution in [2.24, 2.45) is 0 Å². The van der Waals surface area contributed by atoms with Gasteiger partial charge in [-0.05, 0) is 0 Å². The zero-order valence-corrected chi connectivity index (χ0v) is 5.59. The Hall–Kier alpha value is -0.0900. The zero-order valence-electron chi connectivity index (χ0n) is 4.00. The van der Waals surface area contributed by atoms with Gasteiger partial charge in [-0.2, -0.15) is 0 Å². The first-order valence-corrected chi connectivity index (χ1v) is 3.14. The molecule has 1 saturated heterocycles. The van der Waals surface area contributed by atoms with E-state index in [0.29, 0.717) is 6.42 Å². The zero-order chi connectivity index (χ0) is 6.15. The lowest BCUT2D eigenvalue weighted by Gasteiger charge is -1.94. The van der Waals surface area contributed by atoms with Crippen molar-refractivity contribution in [3.05, 3.63) is 0 Å². The molecule has 0 aliphatic carbocycles. The van der Waals surface area contributed by atoms with E-state index in [1.807, 2.05) is 0 Å². The molecule has 0 amide bonds. The fourth-order valence-electron chi connectivity index (χ4n) is 0.529. The van der Waals surface area contributed by atoms with Crippen LogP contribution in [0.3, 0.4) is 0 Å². The van der Waals surface area contributed by atoms with Gasteiger partial charge in [0.15, 0.2) is 0 Å². The molecule has 1 aliphatic heterocycles. The summed E-state index contributed by atoms with van der Waals surface area (Å²) in [4.78, 5) is 10.0. The van der Waals surface area contributed by atoms with Gasteiger partial charge in [0.1, 0.15) is 4.83 Å². The van der Waals surface area contributed by atoms with Crippen LogP contribution in [0, 0.1) is 0 Å². The topological polar surface area (TPSA) is 46.5 Å². The first kappa shape index (κ1) is 6.04. The number of esters is 1. The molecule has 2 atom stereocenters. The highest BCUT2D eigenvalue weighted by Crippen LogP contribution is 2.18. The molecule has 46 valence electrons. The van der Waals surface area contributed by atoms with Gasteiger partial charge < -0.3 is 9.84 Å². The van der Waals surface area contributed by atoms with E-state index in [1.54, 1.807) is 0 Å². The third-order valence-electron chi connectivity index (χ3n) is 0.917. The Kier molecular flexibility index (Phi) is 1.53. The highest BCUT2D eigenvalue weighted by molar-refractivity contribution is 9.10. The van der Waals surface area contributed by atoms with Gasteiger partial charge in [-0.25, -0.2) is 0 Å². The lowest BCUT2D eigenvalue weighted by atomic mass is 10.3. The number of hydrogen-bond acceptors (Lipinski definition) is 3. The average Bonchev–Trinajstić information content (AvgIpc) is 1.85. The van der Waals surface area contributed by atoms with Gasteiger partial charge in [0.25, 0.3) is 0 Å². The molecular formula is C4H5BrO3. The summed E-state index contributed by atoms with van der Waals surface area (Å²) < 4.78 is 4.34. The number of alkyl halides is 1. The van der Waals surface area contributed by atoms with Crippen molar-refractivity contribution in [2.75, 3.05) is 0 Å². The summed E-state index contributed by atoms with van der Waals surface area (Å²) in [5, 5.41) is 8.60. The molecule has 0 aromatic carbocycles. The number of ether oxygens (including phenoxy) is 1. The number of halogens is 1. The maximum absolute atomic E-state index is 10.4. The standard InChI is InChI=1S/C4H5BrO3/c5-2-1-3(6)8-4(2)7/h2-3,6H,1H2. The lowest BCUT2D eigenvalue weighted by Crippen LogP contribution is -2.05. The quantitative estimate of drug-likeness (QED) is 0.423. The Morgan fingerprint density at radius 2 is 2.50 bits per heavy atom. The highest BCUT2D eigenvalue weighted by atomic mass is 79.9. The number of aliphatic hydroxyl groups is 1. The maximum Gasteiger partial charge on any atom is 0.322 e. The molecule has 0 aromatic rings. The van der Waals surface area contributed by atoms with Crippen LogP contribution < -0.4 is 0 Å². The predicted octanol–water partition coefficient (Wildman–Crippen LogP) is 0.0152. The Morgan fingerprint density at radius 1 is 1.88 bits per heavy atom. The molecular weight excluding hydrogens is 176 g/mol. The summed E-state index contributed by atoms with van der Waals surface area (Å²) in [6, 6.07) is 0. The Balaban J connectivity index is 2.51. The van der Waals surface area contributed by atoms with E-state index < -0.39 is 6.29 Å². The van der Waals surface area contributed by atoms with Crippen LogP contribution in [0.4, 0.5) is 0 Å². The molecule has 1 heterocycles. The first-order valence-electron chi connectivity index (χ1n) is 2.23. The largest absolute Gasteiger partial charge is 0.435 e. The third kappa shape index (κ3) is 1.00. The molecule has 0 radical (unpaired) electrons. The van der Waals surface area contributed by atoms with Crippen molar-refractivity contribution in [1.29, 1.82) is 0 Å². The van der Waals surface area contributed by atoms with Crippen LogP contribution in [-0.4, -0.2) is 22.2 Å². The van der Waals surface area contributed by atoms with Crippen molar-refractivity contribution in [2.45, 2.75) is 17.5 Å². The van der Waals surface area contributed by atoms with Crippen LogP contribution in [0.1, 0.15) is 6.42 Å². The second kappa shape index (κ2) is 2.03. The summed E-state index contributed by atoms with van der Waals surface area (Å²) in [7, 11) is 0. The van der Waals surface area contributed by atoms with E-state index in [2.05, 4.69) is 20.7 Å². The second-order valence-corrected chi connectivity index (χ2v) is 2.70. The second-order valence-electron chi connectivity index (χ2n) is 1.59. The summed E-state index contributed by atoms with van der Waals surface area (Å²) in [6.45, 7) is 0. The SMILES string of the molecule is O=C1OC(O)CC1Br. The molecule has 1 fully saturated rings. The minimum atomic E-state index is -0.896. The van der Waals surface area contributed by atoms with Crippen LogP contribution in [0.15, 0.2) is 0 Å². The smallest absolute Gasteiger partial charge is 0.322 e. The monoisotopic (exact) mass is 180 g/mol. The fraction of sp³-hybridized carbons (Fsp3) is 0.750. The maximum atomic E-state index is 10.4. The van der Waals surface area contributed by atoms with Crippen molar-refractivity contribution in [3.63, 3.8) is 0 Å². The van der Waals surface area contributed by atoms with Gasteiger partial charge in [0, 0.05) is 6.42 Å². The number of carbonyl (C=O) groups is 1. The number of hydrogen-bond donors (Lipinski definition) is 1. The van der Waals surface area contributed by atoms with Crippen molar-refractivity contribution in [3.8, 4) is 0 Å². The fourth-order valence-corrected chi connectivity index (χ4v) is 0.957. The minimum absolute atomic E-state index is 0.308. The molecule has 0 spiro atoms. The van der Waals surface area contributed by atoms with Crippen LogP contribution in [-0.2, 0) is 9.53 Å². The Labute approximate surface area is 54.8 Å². The third-order valence-corrected chi connectivity index (χ3v) is 1.66. The lowest BCUT2D eigenvalue weighted by molar-refractivity contribution is -0.153. The van der Waals surface area contributed by atoms with Gasteiger partial charge in [-0.3, -0.25) is 4.79 Å². The molecule has 0 bridgehead atoms. The molecule has 3 nitrogen and oxygen atoms in total. The molecule has 0 saturated carbocycles. The van der Waals surface area contributed by atoms with E-state index in [-0.39, 0.29) is 10.8 Å². The highest BCUT2D eigenvalue weighted by Gasteiger charge is 2.30. The van der Waals surface area contributed by atoms with Crippen molar-refractivity contribution in [1.82, 2.24) is 0 Å². The molecule has 1 aliphatic rings. The first-order chi connectivity index (χ1) is 3.70. The molecule has 2 unspecified atom stereocenters. The van der Waals surface area contributed by atoms with Crippen molar-refractivity contribution < 1.29 is 14.6 Å². The van der Waals surface area contributed by atoms with Gasteiger partial charge in [0.05, 0.1) is 0 Å². The van der Waals surface area contributed by atoms with Gasteiger partial charge in [-0.15, -0.1) is 0 Å². The minimum Gasteiger partial charge on any atom is -0.435 e. The number of carbonyl (C=O) groups excluding carboxylic acids is 1. The normalized spacial score (nSPS) is 37.5. The summed E-state index contributed by atoms with van der Waals surface area (Å²) >= 11 is 3.01. The van der Waals surface area contributed by atoms with Gasteiger partial charge >= 0.3 is 5.97 Å². The number of cyclic esters (lactones) is 1. The number of aliphatic hydroxyl groups excluding tert-OH is 1. The number of rotatable bonds is 0. The summed E-state index contributed by atoms with van der Waals surface area (Å²) in [5.41, 5.74) is 0. The van der Waals surface area contributed by atoms with E-state index in [1.165, 1.54) is 0 Å².